The molecule has 0 bridgehead atoms. The summed E-state index contributed by atoms with van der Waals surface area (Å²) < 4.78 is 40.7. The van der Waals surface area contributed by atoms with Crippen molar-refractivity contribution >= 4 is 37.6 Å². The summed E-state index contributed by atoms with van der Waals surface area (Å²) in [4.78, 5) is 11.0. The zero-order chi connectivity index (χ0) is 16.5. The SMILES string of the molecule is Cc1ccc(S(=O)(=O)Nc2cccc(F)c2C(=O)O)c(Br)c1. The van der Waals surface area contributed by atoms with Gasteiger partial charge in [-0.2, -0.15) is 0 Å². The van der Waals surface area contributed by atoms with Crippen LogP contribution in [0.15, 0.2) is 45.8 Å². The number of rotatable bonds is 4. The molecule has 0 amide bonds. The second-order valence-corrected chi connectivity index (χ2v) is 7.01. The third kappa shape index (κ3) is 3.28. The minimum absolute atomic E-state index is 0.0706. The molecule has 0 atom stereocenters. The monoisotopic (exact) mass is 387 g/mol. The number of anilines is 1. The predicted molar refractivity (Wildman–Crippen MR) is 83.0 cm³/mol. The quantitative estimate of drug-likeness (QED) is 0.841. The van der Waals surface area contributed by atoms with Crippen molar-refractivity contribution < 1.29 is 22.7 Å². The summed E-state index contributed by atoms with van der Waals surface area (Å²) in [5.74, 6) is -2.57. The molecule has 0 radical (unpaired) electrons. The molecule has 5 nitrogen and oxygen atoms in total. The lowest BCUT2D eigenvalue weighted by molar-refractivity contribution is 0.0693. The van der Waals surface area contributed by atoms with Crippen molar-refractivity contribution in [3.05, 3.63) is 57.8 Å². The summed E-state index contributed by atoms with van der Waals surface area (Å²) in [5.41, 5.74) is -0.211. The Balaban J connectivity index is 2.50. The number of carboxylic acid groups (broad SMARTS) is 1. The van der Waals surface area contributed by atoms with E-state index < -0.39 is 27.4 Å². The molecular formula is C14H11BrFNO4S. The van der Waals surface area contributed by atoms with E-state index in [1.165, 1.54) is 18.2 Å². The highest BCUT2D eigenvalue weighted by molar-refractivity contribution is 9.10. The van der Waals surface area contributed by atoms with E-state index >= 15 is 0 Å². The number of hydrogen-bond donors (Lipinski definition) is 2. The van der Waals surface area contributed by atoms with E-state index in [0.717, 1.165) is 11.6 Å². The number of benzene rings is 2. The van der Waals surface area contributed by atoms with Crippen molar-refractivity contribution in [2.75, 3.05) is 4.72 Å². The van der Waals surface area contributed by atoms with Gasteiger partial charge in [-0.05, 0) is 52.7 Å². The molecule has 2 rings (SSSR count). The van der Waals surface area contributed by atoms with Crippen LogP contribution in [0.25, 0.3) is 0 Å². The minimum atomic E-state index is -4.06. The molecule has 0 aliphatic rings. The van der Waals surface area contributed by atoms with Gasteiger partial charge in [0, 0.05) is 4.47 Å². The first-order valence-electron chi connectivity index (χ1n) is 6.03. The third-order valence-corrected chi connectivity index (χ3v) is 5.19. The summed E-state index contributed by atoms with van der Waals surface area (Å²) >= 11 is 3.15. The number of aryl methyl sites for hydroxylation is 1. The fourth-order valence-corrected chi connectivity index (χ4v) is 4.12. The molecule has 2 aromatic carbocycles. The van der Waals surface area contributed by atoms with Gasteiger partial charge in [-0.1, -0.05) is 12.1 Å². The summed E-state index contributed by atoms with van der Waals surface area (Å²) in [5, 5.41) is 9.02. The molecule has 2 N–H and O–H groups in total. The van der Waals surface area contributed by atoms with E-state index in [1.807, 2.05) is 0 Å². The van der Waals surface area contributed by atoms with E-state index in [9.17, 15) is 17.6 Å². The fraction of sp³-hybridized carbons (Fsp3) is 0.0714. The van der Waals surface area contributed by atoms with E-state index in [1.54, 1.807) is 19.1 Å². The Hall–Kier alpha value is -1.93. The molecule has 8 heteroatoms. The van der Waals surface area contributed by atoms with Crippen LogP contribution in [0.3, 0.4) is 0 Å². The van der Waals surface area contributed by atoms with Crippen molar-refractivity contribution in [2.24, 2.45) is 0 Å². The second-order valence-electron chi connectivity index (χ2n) is 4.51. The van der Waals surface area contributed by atoms with Crippen LogP contribution in [-0.4, -0.2) is 19.5 Å². The molecule has 2 aromatic rings. The normalized spacial score (nSPS) is 11.2. The standard InChI is InChI=1S/C14H11BrFNO4S/c1-8-5-6-12(9(15)7-8)22(20,21)17-11-4-2-3-10(16)13(11)14(18)19/h2-7,17H,1H3,(H,18,19). The van der Waals surface area contributed by atoms with Gasteiger partial charge in [-0.25, -0.2) is 17.6 Å². The van der Waals surface area contributed by atoms with Crippen molar-refractivity contribution in [3.63, 3.8) is 0 Å². The lowest BCUT2D eigenvalue weighted by atomic mass is 10.2. The molecular weight excluding hydrogens is 377 g/mol. The molecule has 0 unspecified atom stereocenters. The van der Waals surface area contributed by atoms with Crippen LogP contribution in [0.5, 0.6) is 0 Å². The maximum atomic E-state index is 13.6. The van der Waals surface area contributed by atoms with Gasteiger partial charge in [0.05, 0.1) is 5.69 Å². The summed E-state index contributed by atoms with van der Waals surface area (Å²) in [7, 11) is -4.06. The van der Waals surface area contributed by atoms with E-state index in [2.05, 4.69) is 20.7 Å². The number of nitrogens with one attached hydrogen (secondary N) is 1. The van der Waals surface area contributed by atoms with Crippen LogP contribution < -0.4 is 4.72 Å². The van der Waals surface area contributed by atoms with Crippen LogP contribution >= 0.6 is 15.9 Å². The van der Waals surface area contributed by atoms with E-state index in [4.69, 9.17) is 5.11 Å². The molecule has 0 aromatic heterocycles. The molecule has 0 fully saturated rings. The highest BCUT2D eigenvalue weighted by Gasteiger charge is 2.22. The van der Waals surface area contributed by atoms with Crippen LogP contribution in [0.4, 0.5) is 10.1 Å². The number of carbonyl (C=O) groups is 1. The van der Waals surface area contributed by atoms with Gasteiger partial charge < -0.3 is 5.11 Å². The minimum Gasteiger partial charge on any atom is -0.478 e. The first kappa shape index (κ1) is 16.4. The lowest BCUT2D eigenvalue weighted by Crippen LogP contribution is -2.17. The average Bonchev–Trinajstić information content (AvgIpc) is 2.36. The zero-order valence-corrected chi connectivity index (χ0v) is 13.7. The molecule has 0 heterocycles. The first-order chi connectivity index (χ1) is 10.2. The van der Waals surface area contributed by atoms with Crippen molar-refractivity contribution in [1.82, 2.24) is 0 Å². The van der Waals surface area contributed by atoms with Gasteiger partial charge in [-0.15, -0.1) is 0 Å². The molecule has 0 saturated carbocycles. The van der Waals surface area contributed by atoms with E-state index in [0.29, 0.717) is 4.47 Å². The fourth-order valence-electron chi connectivity index (χ4n) is 1.85. The third-order valence-electron chi connectivity index (χ3n) is 2.85. The average molecular weight is 388 g/mol. The van der Waals surface area contributed by atoms with Gasteiger partial charge in [0.25, 0.3) is 10.0 Å². The number of carboxylic acids is 1. The highest BCUT2D eigenvalue weighted by atomic mass is 79.9. The maximum Gasteiger partial charge on any atom is 0.340 e. The van der Waals surface area contributed by atoms with Gasteiger partial charge in [0.2, 0.25) is 0 Å². The number of sulfonamides is 1. The van der Waals surface area contributed by atoms with Crippen LogP contribution in [0.2, 0.25) is 0 Å². The Morgan fingerprint density at radius 3 is 2.55 bits per heavy atom. The zero-order valence-electron chi connectivity index (χ0n) is 11.3. The van der Waals surface area contributed by atoms with Crippen LogP contribution in [-0.2, 0) is 10.0 Å². The van der Waals surface area contributed by atoms with Crippen LogP contribution in [0, 0.1) is 12.7 Å². The molecule has 0 aliphatic carbocycles. The van der Waals surface area contributed by atoms with Gasteiger partial charge in [-0.3, -0.25) is 4.72 Å². The van der Waals surface area contributed by atoms with Crippen molar-refractivity contribution in [1.29, 1.82) is 0 Å². The number of hydrogen-bond acceptors (Lipinski definition) is 3. The summed E-state index contributed by atoms with van der Waals surface area (Å²) in [6.07, 6.45) is 0. The first-order valence-corrected chi connectivity index (χ1v) is 8.31. The second kappa shape index (κ2) is 6.05. The smallest absolute Gasteiger partial charge is 0.340 e. The topological polar surface area (TPSA) is 83.5 Å². The Bertz CT molecular complexity index is 852. The summed E-state index contributed by atoms with van der Waals surface area (Å²) in [6.45, 7) is 1.80. The van der Waals surface area contributed by atoms with Gasteiger partial charge in [0.15, 0.2) is 0 Å². The molecule has 0 aliphatic heterocycles. The van der Waals surface area contributed by atoms with Crippen molar-refractivity contribution in [2.45, 2.75) is 11.8 Å². The van der Waals surface area contributed by atoms with Crippen molar-refractivity contribution in [3.8, 4) is 0 Å². The maximum absolute atomic E-state index is 13.6. The Labute approximate surface area is 135 Å². The largest absolute Gasteiger partial charge is 0.478 e. The van der Waals surface area contributed by atoms with Gasteiger partial charge in [0.1, 0.15) is 16.3 Å². The summed E-state index contributed by atoms with van der Waals surface area (Å²) in [6, 6.07) is 7.95. The van der Waals surface area contributed by atoms with Crippen LogP contribution in [0.1, 0.15) is 15.9 Å². The Morgan fingerprint density at radius 2 is 1.95 bits per heavy atom. The number of aromatic carboxylic acids is 1. The van der Waals surface area contributed by atoms with Gasteiger partial charge >= 0.3 is 5.97 Å². The lowest BCUT2D eigenvalue weighted by Gasteiger charge is -2.12. The molecule has 0 saturated heterocycles. The molecule has 116 valence electrons. The molecule has 22 heavy (non-hydrogen) atoms. The Kier molecular flexibility index (Phi) is 4.52. The highest BCUT2D eigenvalue weighted by Crippen LogP contribution is 2.27. The molecule has 0 spiro atoms. The predicted octanol–water partition coefficient (Wildman–Crippen LogP) is 3.40. The number of halogens is 2. The van der Waals surface area contributed by atoms with E-state index in [-0.39, 0.29) is 10.6 Å². The Morgan fingerprint density at radius 1 is 1.27 bits per heavy atom.